The third-order valence-corrected chi connectivity index (χ3v) is 4.06. The number of carbonyl (C=O) groups excluding carboxylic acids is 2. The van der Waals surface area contributed by atoms with Gasteiger partial charge in [-0.2, -0.15) is 0 Å². The van der Waals surface area contributed by atoms with Crippen LogP contribution in [-0.2, 0) is 0 Å². The van der Waals surface area contributed by atoms with Gasteiger partial charge in [0, 0.05) is 18.6 Å². The molecular weight excluding hydrogens is 396 g/mol. The molecule has 6 heteroatoms. The first-order valence-corrected chi connectivity index (χ1v) is 9.13. The summed E-state index contributed by atoms with van der Waals surface area (Å²) in [4.78, 5) is 26.6. The van der Waals surface area contributed by atoms with Gasteiger partial charge in [0.05, 0.1) is 23.4 Å². The highest BCUT2D eigenvalue weighted by Gasteiger charge is 2.18. The van der Waals surface area contributed by atoms with Gasteiger partial charge in [0.2, 0.25) is 0 Å². The molecule has 0 aromatic heterocycles. The third kappa shape index (κ3) is 5.08. The number of nitrogens with one attached hydrogen (secondary N) is 1. The highest BCUT2D eigenvalue weighted by Crippen LogP contribution is 2.26. The van der Waals surface area contributed by atoms with Crippen molar-refractivity contribution in [3.63, 3.8) is 0 Å². The van der Waals surface area contributed by atoms with Gasteiger partial charge in [-0.15, -0.1) is 0 Å². The second-order valence-corrected chi connectivity index (χ2v) is 7.46. The molecule has 0 aliphatic rings. The van der Waals surface area contributed by atoms with Gasteiger partial charge in [-0.3, -0.25) is 9.59 Å². The number of nitrogens with zero attached hydrogens (tertiary/aromatic N) is 1. The van der Waals surface area contributed by atoms with E-state index in [-0.39, 0.29) is 11.8 Å². The lowest BCUT2D eigenvalue weighted by Crippen LogP contribution is -2.24. The predicted molar refractivity (Wildman–Crippen MR) is 107 cm³/mol. The number of rotatable bonds is 6. The maximum atomic E-state index is 12.8. The average Bonchev–Trinajstić information content (AvgIpc) is 2.60. The molecule has 0 unspecified atom stereocenters. The summed E-state index contributed by atoms with van der Waals surface area (Å²) in [6, 6.07) is 12.2. The van der Waals surface area contributed by atoms with Gasteiger partial charge in [-0.1, -0.05) is 41.9 Å². The van der Waals surface area contributed by atoms with Crippen molar-refractivity contribution in [3.8, 4) is 5.75 Å². The summed E-state index contributed by atoms with van der Waals surface area (Å²) in [5.41, 5.74) is 1.31. The Morgan fingerprint density at radius 2 is 1.81 bits per heavy atom. The van der Waals surface area contributed by atoms with Crippen molar-refractivity contribution >= 4 is 33.4 Å². The van der Waals surface area contributed by atoms with E-state index in [1.807, 2.05) is 19.9 Å². The monoisotopic (exact) mass is 418 g/mol. The molecule has 2 rings (SSSR count). The molecule has 0 radical (unpaired) electrons. The van der Waals surface area contributed by atoms with Crippen molar-refractivity contribution in [1.82, 2.24) is 4.90 Å². The van der Waals surface area contributed by atoms with E-state index in [0.29, 0.717) is 35.1 Å². The quantitative estimate of drug-likeness (QED) is 0.753. The predicted octanol–water partition coefficient (Wildman–Crippen LogP) is 4.44. The maximum Gasteiger partial charge on any atom is 0.259 e. The molecule has 5 nitrogen and oxygen atoms in total. The number of halogens is 1. The Hall–Kier alpha value is -2.34. The van der Waals surface area contributed by atoms with Gasteiger partial charge in [0.1, 0.15) is 5.75 Å². The van der Waals surface area contributed by atoms with E-state index in [0.717, 1.165) is 4.47 Å². The minimum Gasteiger partial charge on any atom is -0.492 e. The first-order chi connectivity index (χ1) is 12.3. The second kappa shape index (κ2) is 8.85. The fourth-order valence-corrected chi connectivity index (χ4v) is 2.63. The third-order valence-electron chi connectivity index (χ3n) is 3.57. The van der Waals surface area contributed by atoms with Crippen LogP contribution < -0.4 is 10.1 Å². The lowest BCUT2D eigenvalue weighted by molar-refractivity contribution is 0.0828. The lowest BCUT2D eigenvalue weighted by atomic mass is 10.1. The number of benzene rings is 2. The van der Waals surface area contributed by atoms with Crippen LogP contribution >= 0.6 is 15.9 Å². The molecule has 0 heterocycles. The molecule has 0 aliphatic carbocycles. The SMILES string of the molecule is CC(C)COc1ccc(Br)cc1C(=O)Nc1ccccc1C(=O)N(C)C. The standard InChI is InChI=1S/C20H23BrN2O3/c1-13(2)12-26-18-10-9-14(21)11-16(18)19(24)22-17-8-6-5-7-15(17)20(25)23(3)4/h5-11,13H,12H2,1-4H3,(H,22,24). The zero-order chi connectivity index (χ0) is 19.3. The van der Waals surface area contributed by atoms with Crippen molar-refractivity contribution < 1.29 is 14.3 Å². The maximum absolute atomic E-state index is 12.8. The number of amides is 2. The molecular formula is C20H23BrN2O3. The van der Waals surface area contributed by atoms with Crippen LogP contribution in [0.5, 0.6) is 5.75 Å². The van der Waals surface area contributed by atoms with Gasteiger partial charge in [0.25, 0.3) is 11.8 Å². The summed E-state index contributed by atoms with van der Waals surface area (Å²) in [6.07, 6.45) is 0. The largest absolute Gasteiger partial charge is 0.492 e. The second-order valence-electron chi connectivity index (χ2n) is 6.54. The van der Waals surface area contributed by atoms with E-state index in [1.165, 1.54) is 4.90 Å². The van der Waals surface area contributed by atoms with Crippen LogP contribution in [0.3, 0.4) is 0 Å². The number of carbonyl (C=O) groups is 2. The van der Waals surface area contributed by atoms with Crippen LogP contribution in [0.25, 0.3) is 0 Å². The lowest BCUT2D eigenvalue weighted by Gasteiger charge is -2.16. The van der Waals surface area contributed by atoms with Crippen LogP contribution in [0.2, 0.25) is 0 Å². The van der Waals surface area contributed by atoms with Gasteiger partial charge in [-0.05, 0) is 36.2 Å². The molecule has 26 heavy (non-hydrogen) atoms. The topological polar surface area (TPSA) is 58.6 Å². The molecule has 0 fully saturated rings. The summed E-state index contributed by atoms with van der Waals surface area (Å²) < 4.78 is 6.55. The van der Waals surface area contributed by atoms with Crippen LogP contribution in [0.4, 0.5) is 5.69 Å². The highest BCUT2D eigenvalue weighted by atomic mass is 79.9. The molecule has 138 valence electrons. The molecule has 0 saturated heterocycles. The van der Waals surface area contributed by atoms with Crippen molar-refractivity contribution in [2.45, 2.75) is 13.8 Å². The van der Waals surface area contributed by atoms with E-state index in [4.69, 9.17) is 4.74 Å². The Morgan fingerprint density at radius 1 is 1.12 bits per heavy atom. The molecule has 1 N–H and O–H groups in total. The van der Waals surface area contributed by atoms with Gasteiger partial charge < -0.3 is 15.0 Å². The number of hydrogen-bond donors (Lipinski definition) is 1. The van der Waals surface area contributed by atoms with Crippen LogP contribution in [0.15, 0.2) is 46.9 Å². The fourth-order valence-electron chi connectivity index (χ4n) is 2.27. The minimum atomic E-state index is -0.330. The number of hydrogen-bond acceptors (Lipinski definition) is 3. The molecule has 0 spiro atoms. The summed E-state index contributed by atoms with van der Waals surface area (Å²) in [7, 11) is 3.35. The molecule has 2 aromatic rings. The Bertz CT molecular complexity index is 803. The number of ether oxygens (including phenoxy) is 1. The van der Waals surface area contributed by atoms with Crippen molar-refractivity contribution in [1.29, 1.82) is 0 Å². The minimum absolute atomic E-state index is 0.175. The first-order valence-electron chi connectivity index (χ1n) is 8.34. The van der Waals surface area contributed by atoms with Gasteiger partial charge >= 0.3 is 0 Å². The van der Waals surface area contributed by atoms with E-state index >= 15 is 0 Å². The zero-order valence-corrected chi connectivity index (χ0v) is 17.0. The van der Waals surface area contributed by atoms with Crippen molar-refractivity contribution in [2.24, 2.45) is 5.92 Å². The Morgan fingerprint density at radius 3 is 2.46 bits per heavy atom. The van der Waals surface area contributed by atoms with Crippen molar-refractivity contribution in [3.05, 3.63) is 58.1 Å². The van der Waals surface area contributed by atoms with Crippen molar-refractivity contribution in [2.75, 3.05) is 26.0 Å². The zero-order valence-electron chi connectivity index (χ0n) is 15.4. The van der Waals surface area contributed by atoms with E-state index < -0.39 is 0 Å². The smallest absolute Gasteiger partial charge is 0.259 e. The average molecular weight is 419 g/mol. The summed E-state index contributed by atoms with van der Waals surface area (Å²) in [5.74, 6) is 0.347. The van der Waals surface area contributed by atoms with Crippen LogP contribution in [-0.4, -0.2) is 37.4 Å². The van der Waals surface area contributed by atoms with Gasteiger partial charge in [-0.25, -0.2) is 0 Å². The van der Waals surface area contributed by atoms with E-state index in [1.54, 1.807) is 50.5 Å². The molecule has 0 aliphatic heterocycles. The number of anilines is 1. The summed E-state index contributed by atoms with van der Waals surface area (Å²) >= 11 is 3.39. The molecule has 0 atom stereocenters. The summed E-state index contributed by atoms with van der Waals surface area (Å²) in [5, 5.41) is 2.83. The normalized spacial score (nSPS) is 10.5. The molecule has 0 saturated carbocycles. The molecule has 2 amide bonds. The van der Waals surface area contributed by atoms with E-state index in [2.05, 4.69) is 21.2 Å². The first kappa shape index (κ1) is 20.0. The number of para-hydroxylation sites is 1. The molecule has 2 aromatic carbocycles. The summed E-state index contributed by atoms with van der Waals surface area (Å²) in [6.45, 7) is 4.60. The highest BCUT2D eigenvalue weighted by molar-refractivity contribution is 9.10. The fraction of sp³-hybridized carbons (Fsp3) is 0.300. The Kier molecular flexibility index (Phi) is 6.80. The van der Waals surface area contributed by atoms with Crippen LogP contribution in [0.1, 0.15) is 34.6 Å². The Labute approximate surface area is 162 Å². The van der Waals surface area contributed by atoms with E-state index in [9.17, 15) is 9.59 Å². The molecule has 0 bridgehead atoms. The van der Waals surface area contributed by atoms with Gasteiger partial charge in [0.15, 0.2) is 0 Å². The van der Waals surface area contributed by atoms with Crippen LogP contribution in [0, 0.1) is 5.92 Å². The Balaban J connectivity index is 2.31.